The number of aromatic nitrogens is 1. The summed E-state index contributed by atoms with van der Waals surface area (Å²) in [6, 6.07) is 14.1. The molecule has 0 aliphatic rings. The lowest BCUT2D eigenvalue weighted by molar-refractivity contribution is 0.106. The summed E-state index contributed by atoms with van der Waals surface area (Å²) in [4.78, 5) is -1.56. The zero-order chi connectivity index (χ0) is 34.4. The maximum atomic E-state index is 15.2. The molecule has 0 aliphatic carbocycles. The van der Waals surface area contributed by atoms with Crippen LogP contribution in [0, 0.1) is 6.92 Å². The minimum absolute atomic E-state index is 0.199. The third kappa shape index (κ3) is 8.11. The molecule has 0 fully saturated rings. The van der Waals surface area contributed by atoms with Gasteiger partial charge in [-0.25, -0.2) is 0 Å². The molecular formula is C35H55NO8P2. The van der Waals surface area contributed by atoms with Crippen LogP contribution in [-0.4, -0.2) is 48.1 Å². The SMILES string of the molecule is CCC(CCCn1c(-c2ccc(OC)cc2)c(C)c2ccc(OC)cc21)(P(=O)(OC(C)C)OC(C)C)P(=O)(OC(C)C)OC(C)C. The Kier molecular flexibility index (Phi) is 13.2. The average Bonchev–Trinajstić information content (AvgIpc) is 3.23. The lowest BCUT2D eigenvalue weighted by Crippen LogP contribution is -2.36. The lowest BCUT2D eigenvalue weighted by atomic mass is 10.1. The Hall–Kier alpha value is -2.12. The quantitative estimate of drug-likeness (QED) is 0.123. The van der Waals surface area contributed by atoms with Gasteiger partial charge in [-0.1, -0.05) is 6.92 Å². The van der Waals surface area contributed by atoms with E-state index in [1.165, 1.54) is 0 Å². The molecule has 0 saturated heterocycles. The van der Waals surface area contributed by atoms with Gasteiger partial charge in [0, 0.05) is 18.0 Å². The van der Waals surface area contributed by atoms with E-state index in [0.29, 0.717) is 13.0 Å². The number of hydrogen-bond donors (Lipinski definition) is 0. The number of ether oxygens (including phenoxy) is 2. The van der Waals surface area contributed by atoms with Crippen LogP contribution in [0.15, 0.2) is 42.5 Å². The van der Waals surface area contributed by atoms with Crippen LogP contribution in [0.2, 0.25) is 0 Å². The maximum Gasteiger partial charge on any atom is 0.349 e. The summed E-state index contributed by atoms with van der Waals surface area (Å²) >= 11 is 0. The largest absolute Gasteiger partial charge is 0.497 e. The van der Waals surface area contributed by atoms with Crippen molar-refractivity contribution in [2.75, 3.05) is 14.2 Å². The van der Waals surface area contributed by atoms with Crippen molar-refractivity contribution in [3.63, 3.8) is 0 Å². The normalized spacial score (nSPS) is 13.1. The zero-order valence-electron chi connectivity index (χ0n) is 29.8. The molecule has 258 valence electrons. The summed E-state index contributed by atoms with van der Waals surface area (Å²) in [5, 5.41) is 1.10. The Bertz CT molecular complexity index is 1460. The van der Waals surface area contributed by atoms with Gasteiger partial charge in [-0.15, -0.1) is 0 Å². The van der Waals surface area contributed by atoms with E-state index in [4.69, 9.17) is 27.6 Å². The summed E-state index contributed by atoms with van der Waals surface area (Å²) in [7, 11) is -4.93. The number of rotatable bonds is 18. The topological polar surface area (TPSA) is 94.5 Å². The minimum atomic E-state index is -4.12. The summed E-state index contributed by atoms with van der Waals surface area (Å²) < 4.78 is 68.4. The first kappa shape index (κ1) is 38.3. The Morgan fingerprint density at radius 2 is 1.17 bits per heavy atom. The van der Waals surface area contributed by atoms with E-state index in [1.54, 1.807) is 69.6 Å². The van der Waals surface area contributed by atoms with E-state index in [9.17, 15) is 0 Å². The van der Waals surface area contributed by atoms with E-state index in [-0.39, 0.29) is 12.8 Å². The van der Waals surface area contributed by atoms with Crippen LogP contribution in [0.25, 0.3) is 22.2 Å². The second-order valence-corrected chi connectivity index (χ2v) is 17.7. The third-order valence-electron chi connectivity index (χ3n) is 7.83. The Morgan fingerprint density at radius 3 is 1.59 bits per heavy atom. The Morgan fingerprint density at radius 1 is 0.717 bits per heavy atom. The Balaban J connectivity index is 2.23. The molecule has 0 saturated carbocycles. The van der Waals surface area contributed by atoms with Gasteiger partial charge in [0.25, 0.3) is 0 Å². The fourth-order valence-corrected chi connectivity index (χ4v) is 12.6. The Labute approximate surface area is 276 Å². The molecule has 9 nitrogen and oxygen atoms in total. The fraction of sp³-hybridized carbons (Fsp3) is 0.600. The van der Waals surface area contributed by atoms with Crippen LogP contribution in [0.3, 0.4) is 0 Å². The van der Waals surface area contributed by atoms with Crippen molar-refractivity contribution in [2.24, 2.45) is 0 Å². The van der Waals surface area contributed by atoms with Crippen molar-refractivity contribution in [3.8, 4) is 22.8 Å². The summed E-state index contributed by atoms with van der Waals surface area (Å²) in [5.74, 6) is 1.52. The van der Waals surface area contributed by atoms with Gasteiger partial charge < -0.3 is 32.1 Å². The molecule has 2 aromatic carbocycles. The number of methoxy groups -OCH3 is 2. The van der Waals surface area contributed by atoms with Gasteiger partial charge in [0.15, 0.2) is 4.90 Å². The van der Waals surface area contributed by atoms with E-state index in [0.717, 1.165) is 39.2 Å². The first-order valence-electron chi connectivity index (χ1n) is 16.3. The van der Waals surface area contributed by atoms with E-state index < -0.39 is 44.5 Å². The number of benzene rings is 2. The molecule has 1 heterocycles. The second kappa shape index (κ2) is 15.9. The molecule has 11 heteroatoms. The molecule has 0 unspecified atom stereocenters. The molecule has 1 aromatic heterocycles. The van der Waals surface area contributed by atoms with Crippen LogP contribution in [0.5, 0.6) is 11.5 Å². The first-order chi connectivity index (χ1) is 21.6. The highest BCUT2D eigenvalue weighted by Gasteiger charge is 2.64. The summed E-state index contributed by atoms with van der Waals surface area (Å²) in [6.07, 6.45) is -0.914. The summed E-state index contributed by atoms with van der Waals surface area (Å²) in [6.45, 7) is 18.9. The molecule has 3 rings (SSSR count). The fourth-order valence-electron chi connectivity index (χ4n) is 6.04. The number of hydrogen-bond acceptors (Lipinski definition) is 8. The van der Waals surface area contributed by atoms with Gasteiger partial charge in [-0.05, 0) is 129 Å². The van der Waals surface area contributed by atoms with Gasteiger partial charge in [-0.2, -0.15) is 0 Å². The van der Waals surface area contributed by atoms with Crippen molar-refractivity contribution >= 4 is 26.1 Å². The predicted molar refractivity (Wildman–Crippen MR) is 188 cm³/mol. The van der Waals surface area contributed by atoms with Crippen LogP contribution < -0.4 is 9.47 Å². The third-order valence-corrected chi connectivity index (χ3v) is 15.2. The van der Waals surface area contributed by atoms with Crippen molar-refractivity contribution in [3.05, 3.63) is 48.0 Å². The highest BCUT2D eigenvalue weighted by Crippen LogP contribution is 2.81. The van der Waals surface area contributed by atoms with Crippen molar-refractivity contribution in [2.45, 2.75) is 124 Å². The highest BCUT2D eigenvalue weighted by molar-refractivity contribution is 7.74. The summed E-state index contributed by atoms with van der Waals surface area (Å²) in [5.41, 5.74) is 4.21. The van der Waals surface area contributed by atoms with Crippen LogP contribution in [-0.2, 0) is 33.8 Å². The molecule has 46 heavy (non-hydrogen) atoms. The molecule has 0 atom stereocenters. The van der Waals surface area contributed by atoms with Gasteiger partial charge in [-0.3, -0.25) is 9.13 Å². The van der Waals surface area contributed by atoms with Crippen LogP contribution in [0.4, 0.5) is 0 Å². The zero-order valence-corrected chi connectivity index (χ0v) is 31.6. The van der Waals surface area contributed by atoms with Gasteiger partial charge in [0.1, 0.15) is 11.5 Å². The molecular weight excluding hydrogens is 624 g/mol. The monoisotopic (exact) mass is 679 g/mol. The standard InChI is InChI=1S/C35H55NO8P2/c1-13-35(45(37,41-24(2)3)42-25(4)5,46(38,43-26(6)7)44-27(8)9)21-14-22-36-33-23-31(40-12)19-20-32(33)28(10)34(36)29-15-17-30(39-11)18-16-29/h15-20,23-27H,13-14,21-22H2,1-12H3. The van der Waals surface area contributed by atoms with Crippen LogP contribution >= 0.6 is 15.2 Å². The van der Waals surface area contributed by atoms with Gasteiger partial charge in [0.05, 0.1) is 49.8 Å². The number of nitrogens with zero attached hydrogens (tertiary/aromatic N) is 1. The van der Waals surface area contributed by atoms with Gasteiger partial charge in [0.2, 0.25) is 0 Å². The van der Waals surface area contributed by atoms with Crippen LogP contribution in [0.1, 0.15) is 87.1 Å². The molecule has 0 N–H and O–H groups in total. The number of aryl methyl sites for hydroxylation is 2. The van der Waals surface area contributed by atoms with Crippen molar-refractivity contribution in [1.82, 2.24) is 4.57 Å². The first-order valence-corrected chi connectivity index (χ1v) is 19.4. The van der Waals surface area contributed by atoms with E-state index in [1.807, 2.05) is 43.3 Å². The predicted octanol–water partition coefficient (Wildman–Crippen LogP) is 10.6. The van der Waals surface area contributed by atoms with E-state index in [2.05, 4.69) is 17.6 Å². The molecule has 0 amide bonds. The minimum Gasteiger partial charge on any atom is -0.497 e. The smallest absolute Gasteiger partial charge is 0.349 e. The maximum absolute atomic E-state index is 15.2. The molecule has 0 aliphatic heterocycles. The highest BCUT2D eigenvalue weighted by atomic mass is 31.2. The van der Waals surface area contributed by atoms with Crippen molar-refractivity contribution in [1.29, 1.82) is 0 Å². The van der Waals surface area contributed by atoms with E-state index >= 15 is 9.13 Å². The molecule has 0 bridgehead atoms. The van der Waals surface area contributed by atoms with Gasteiger partial charge >= 0.3 is 15.2 Å². The molecule has 3 aromatic rings. The average molecular weight is 680 g/mol. The van der Waals surface area contributed by atoms with Crippen molar-refractivity contribution < 1.29 is 36.7 Å². The molecule has 0 radical (unpaired) electrons. The second-order valence-electron chi connectivity index (χ2n) is 12.8. The lowest BCUT2D eigenvalue weighted by Gasteiger charge is -2.44. The number of fused-ring (bicyclic) bond motifs is 1. The molecule has 0 spiro atoms.